The summed E-state index contributed by atoms with van der Waals surface area (Å²) in [4.78, 5) is 14.8. The number of Topliss-reactive ketones (excluding diaryl/α,β-unsaturated/α-hetero) is 1. The van der Waals surface area contributed by atoms with Crippen molar-refractivity contribution in [1.82, 2.24) is 0 Å². The van der Waals surface area contributed by atoms with Gasteiger partial charge in [0.1, 0.15) is 0 Å². The highest BCUT2D eigenvalue weighted by Gasteiger charge is 2.34. The SMILES string of the molecule is CCC(=O)c1ccccc1N1CCC[C@H]2CCCC[C@H]21. The molecule has 2 fully saturated rings. The highest BCUT2D eigenvalue weighted by molar-refractivity contribution is 6.01. The van der Waals surface area contributed by atoms with Gasteiger partial charge in [0.05, 0.1) is 0 Å². The van der Waals surface area contributed by atoms with Gasteiger partial charge in [-0.25, -0.2) is 0 Å². The molecule has 0 unspecified atom stereocenters. The molecule has 1 aromatic carbocycles. The lowest BCUT2D eigenvalue weighted by molar-refractivity contribution is 0.0988. The van der Waals surface area contributed by atoms with Gasteiger partial charge >= 0.3 is 0 Å². The summed E-state index contributed by atoms with van der Waals surface area (Å²) in [6.45, 7) is 3.08. The second-order valence-electron chi connectivity index (χ2n) is 6.24. The first-order chi connectivity index (χ1) is 9.81. The Balaban J connectivity index is 1.93. The van der Waals surface area contributed by atoms with Gasteiger partial charge in [-0.1, -0.05) is 31.9 Å². The average molecular weight is 271 g/mol. The number of carbonyl (C=O) groups excluding carboxylic acids is 1. The number of benzene rings is 1. The van der Waals surface area contributed by atoms with Crippen molar-refractivity contribution >= 4 is 11.5 Å². The number of para-hydroxylation sites is 1. The molecule has 2 heteroatoms. The fourth-order valence-corrected chi connectivity index (χ4v) is 4.07. The van der Waals surface area contributed by atoms with Crippen molar-refractivity contribution in [2.24, 2.45) is 5.92 Å². The second-order valence-corrected chi connectivity index (χ2v) is 6.24. The van der Waals surface area contributed by atoms with Gasteiger partial charge < -0.3 is 4.90 Å². The summed E-state index contributed by atoms with van der Waals surface area (Å²) in [5.41, 5.74) is 2.12. The van der Waals surface area contributed by atoms with Crippen molar-refractivity contribution in [3.05, 3.63) is 29.8 Å². The van der Waals surface area contributed by atoms with Gasteiger partial charge in [0.15, 0.2) is 5.78 Å². The first-order valence-electron chi connectivity index (χ1n) is 8.20. The van der Waals surface area contributed by atoms with Crippen LogP contribution in [0.3, 0.4) is 0 Å². The summed E-state index contributed by atoms with van der Waals surface area (Å²) in [5.74, 6) is 1.13. The van der Waals surface area contributed by atoms with Gasteiger partial charge in [-0.15, -0.1) is 0 Å². The van der Waals surface area contributed by atoms with Gasteiger partial charge in [0, 0.05) is 30.3 Å². The molecular formula is C18H25NO. The Morgan fingerprint density at radius 2 is 1.90 bits per heavy atom. The van der Waals surface area contributed by atoms with E-state index in [-0.39, 0.29) is 5.78 Å². The molecule has 1 aliphatic heterocycles. The third-order valence-electron chi connectivity index (χ3n) is 5.08. The number of hydrogen-bond donors (Lipinski definition) is 0. The van der Waals surface area contributed by atoms with E-state index in [1.807, 2.05) is 19.1 Å². The third-order valence-corrected chi connectivity index (χ3v) is 5.08. The van der Waals surface area contributed by atoms with Crippen LogP contribution in [0, 0.1) is 5.92 Å². The summed E-state index contributed by atoms with van der Waals surface area (Å²) in [6.07, 6.45) is 8.68. The Morgan fingerprint density at radius 3 is 2.75 bits per heavy atom. The molecule has 0 bridgehead atoms. The molecule has 0 radical (unpaired) electrons. The molecule has 20 heavy (non-hydrogen) atoms. The molecule has 0 aromatic heterocycles. The predicted octanol–water partition coefficient (Wildman–Crippen LogP) is 4.44. The second kappa shape index (κ2) is 5.99. The summed E-state index contributed by atoms with van der Waals surface area (Å²) in [7, 11) is 0. The number of anilines is 1. The Morgan fingerprint density at radius 1 is 1.15 bits per heavy atom. The molecule has 2 atom stereocenters. The highest BCUT2D eigenvalue weighted by Crippen LogP contribution is 2.38. The van der Waals surface area contributed by atoms with Crippen molar-refractivity contribution in [3.8, 4) is 0 Å². The lowest BCUT2D eigenvalue weighted by Crippen LogP contribution is -2.47. The molecule has 2 nitrogen and oxygen atoms in total. The van der Waals surface area contributed by atoms with E-state index in [9.17, 15) is 4.79 Å². The van der Waals surface area contributed by atoms with Gasteiger partial charge in [-0.3, -0.25) is 4.79 Å². The number of ketones is 1. The molecule has 1 saturated carbocycles. The van der Waals surface area contributed by atoms with Gasteiger partial charge in [-0.05, 0) is 43.7 Å². The van der Waals surface area contributed by atoms with Crippen molar-refractivity contribution in [1.29, 1.82) is 0 Å². The standard InChI is InChI=1S/C18H25NO/c1-2-18(20)15-10-4-6-12-17(15)19-13-7-9-14-8-3-5-11-16(14)19/h4,6,10,12,14,16H,2-3,5,7-9,11,13H2,1H3/t14-,16-/m1/s1. The van der Waals surface area contributed by atoms with Crippen LogP contribution < -0.4 is 4.90 Å². The molecular weight excluding hydrogens is 246 g/mol. The molecule has 1 heterocycles. The van der Waals surface area contributed by atoms with E-state index in [0.29, 0.717) is 12.5 Å². The average Bonchev–Trinajstić information content (AvgIpc) is 2.53. The number of nitrogens with zero attached hydrogens (tertiary/aromatic N) is 1. The fourth-order valence-electron chi connectivity index (χ4n) is 4.07. The van der Waals surface area contributed by atoms with Crippen LogP contribution in [0.4, 0.5) is 5.69 Å². The first-order valence-corrected chi connectivity index (χ1v) is 8.20. The van der Waals surface area contributed by atoms with Crippen molar-refractivity contribution in [3.63, 3.8) is 0 Å². The number of carbonyl (C=O) groups is 1. The van der Waals surface area contributed by atoms with Crippen LogP contribution in [0.25, 0.3) is 0 Å². The summed E-state index contributed by atoms with van der Waals surface area (Å²) >= 11 is 0. The minimum atomic E-state index is 0.276. The quantitative estimate of drug-likeness (QED) is 0.758. The zero-order chi connectivity index (χ0) is 13.9. The molecule has 0 N–H and O–H groups in total. The minimum Gasteiger partial charge on any atom is -0.368 e. The highest BCUT2D eigenvalue weighted by atomic mass is 16.1. The maximum absolute atomic E-state index is 12.2. The predicted molar refractivity (Wildman–Crippen MR) is 83.4 cm³/mol. The molecule has 0 spiro atoms. The number of fused-ring (bicyclic) bond motifs is 1. The first kappa shape index (κ1) is 13.7. The zero-order valence-electron chi connectivity index (χ0n) is 12.5. The van der Waals surface area contributed by atoms with Crippen LogP contribution in [0.5, 0.6) is 0 Å². The van der Waals surface area contributed by atoms with E-state index in [0.717, 1.165) is 18.0 Å². The summed E-state index contributed by atoms with van der Waals surface area (Å²) in [6, 6.07) is 8.90. The molecule has 0 amide bonds. The van der Waals surface area contributed by atoms with E-state index in [1.165, 1.54) is 44.2 Å². The van der Waals surface area contributed by atoms with Crippen LogP contribution in [0.15, 0.2) is 24.3 Å². The smallest absolute Gasteiger partial charge is 0.164 e. The summed E-state index contributed by atoms with van der Waals surface area (Å²) < 4.78 is 0. The normalized spacial score (nSPS) is 26.1. The minimum absolute atomic E-state index is 0.276. The molecule has 1 saturated heterocycles. The number of piperidine rings is 1. The molecule has 108 valence electrons. The Hall–Kier alpha value is -1.31. The zero-order valence-corrected chi connectivity index (χ0v) is 12.5. The Kier molecular flexibility index (Phi) is 4.09. The van der Waals surface area contributed by atoms with E-state index >= 15 is 0 Å². The summed E-state index contributed by atoms with van der Waals surface area (Å²) in [5, 5.41) is 0. The van der Waals surface area contributed by atoms with E-state index in [4.69, 9.17) is 0 Å². The Bertz CT molecular complexity index is 480. The van der Waals surface area contributed by atoms with Crippen LogP contribution in [-0.2, 0) is 0 Å². The third kappa shape index (κ3) is 2.48. The molecule has 1 aromatic rings. The van der Waals surface area contributed by atoms with Crippen molar-refractivity contribution < 1.29 is 4.79 Å². The van der Waals surface area contributed by atoms with Gasteiger partial charge in [0.2, 0.25) is 0 Å². The van der Waals surface area contributed by atoms with Crippen molar-refractivity contribution in [2.45, 2.75) is 57.9 Å². The monoisotopic (exact) mass is 271 g/mol. The van der Waals surface area contributed by atoms with Gasteiger partial charge in [0.25, 0.3) is 0 Å². The topological polar surface area (TPSA) is 20.3 Å². The molecule has 1 aliphatic carbocycles. The maximum atomic E-state index is 12.2. The Labute approximate surface area is 122 Å². The van der Waals surface area contributed by atoms with Crippen LogP contribution >= 0.6 is 0 Å². The molecule has 2 aliphatic rings. The van der Waals surface area contributed by atoms with Crippen molar-refractivity contribution in [2.75, 3.05) is 11.4 Å². The number of hydrogen-bond acceptors (Lipinski definition) is 2. The van der Waals surface area contributed by atoms with E-state index < -0.39 is 0 Å². The van der Waals surface area contributed by atoms with Crippen LogP contribution in [0.2, 0.25) is 0 Å². The van der Waals surface area contributed by atoms with Crippen LogP contribution in [-0.4, -0.2) is 18.4 Å². The lowest BCUT2D eigenvalue weighted by Gasteiger charge is -2.46. The van der Waals surface area contributed by atoms with E-state index in [1.54, 1.807) is 0 Å². The largest absolute Gasteiger partial charge is 0.368 e. The fraction of sp³-hybridized carbons (Fsp3) is 0.611. The number of rotatable bonds is 3. The van der Waals surface area contributed by atoms with Gasteiger partial charge in [-0.2, -0.15) is 0 Å². The van der Waals surface area contributed by atoms with Crippen LogP contribution in [0.1, 0.15) is 62.2 Å². The molecule has 3 rings (SSSR count). The lowest BCUT2D eigenvalue weighted by atomic mass is 9.78. The maximum Gasteiger partial charge on any atom is 0.164 e. The van der Waals surface area contributed by atoms with E-state index in [2.05, 4.69) is 17.0 Å².